The summed E-state index contributed by atoms with van der Waals surface area (Å²) in [5, 5.41) is 3.73. The molecule has 1 spiro atoms. The van der Waals surface area contributed by atoms with Gasteiger partial charge in [0.2, 0.25) is 5.91 Å². The second kappa shape index (κ2) is 3.61. The fraction of sp³-hybridized carbons (Fsp3) is 0.188. The highest BCUT2D eigenvalue weighted by Crippen LogP contribution is 2.64. The molecule has 1 heterocycles. The number of nitrogens with one attached hydrogen (secondary N) is 1. The largest absolute Gasteiger partial charge is 0.325 e. The van der Waals surface area contributed by atoms with E-state index < -0.39 is 0 Å². The van der Waals surface area contributed by atoms with Gasteiger partial charge in [-0.25, -0.2) is 0 Å². The van der Waals surface area contributed by atoms with Gasteiger partial charge in [0, 0.05) is 16.6 Å². The van der Waals surface area contributed by atoms with Crippen LogP contribution in [0.1, 0.15) is 23.5 Å². The molecule has 4 rings (SSSR count). The normalized spacial score (nSPS) is 27.2. The molecule has 0 unspecified atom stereocenters. The first kappa shape index (κ1) is 11.1. The highest BCUT2D eigenvalue weighted by molar-refractivity contribution is 6.30. The Morgan fingerprint density at radius 3 is 2.63 bits per heavy atom. The van der Waals surface area contributed by atoms with Crippen molar-refractivity contribution in [2.75, 3.05) is 5.32 Å². The summed E-state index contributed by atoms with van der Waals surface area (Å²) in [5.74, 6) is 0.405. The molecule has 2 aromatic carbocycles. The molecular weight excluding hydrogens is 258 g/mol. The van der Waals surface area contributed by atoms with Crippen molar-refractivity contribution < 1.29 is 4.79 Å². The van der Waals surface area contributed by atoms with Crippen LogP contribution in [0.25, 0.3) is 0 Å². The molecule has 3 heteroatoms. The first-order valence-electron chi connectivity index (χ1n) is 6.38. The third kappa shape index (κ3) is 1.41. The van der Waals surface area contributed by atoms with E-state index in [2.05, 4.69) is 11.4 Å². The number of amides is 1. The zero-order valence-corrected chi connectivity index (χ0v) is 10.9. The van der Waals surface area contributed by atoms with Gasteiger partial charge in [0.15, 0.2) is 0 Å². The van der Waals surface area contributed by atoms with Gasteiger partial charge in [0.1, 0.15) is 0 Å². The van der Waals surface area contributed by atoms with Crippen molar-refractivity contribution >= 4 is 23.2 Å². The number of halogens is 1. The summed E-state index contributed by atoms with van der Waals surface area (Å²) >= 11 is 5.92. The van der Waals surface area contributed by atoms with Crippen LogP contribution in [-0.2, 0) is 10.2 Å². The van der Waals surface area contributed by atoms with Crippen molar-refractivity contribution in [2.24, 2.45) is 0 Å². The second-order valence-corrected chi connectivity index (χ2v) is 5.72. The minimum Gasteiger partial charge on any atom is -0.325 e. The Bertz CT molecular complexity index is 679. The van der Waals surface area contributed by atoms with Crippen molar-refractivity contribution in [1.82, 2.24) is 0 Å². The van der Waals surface area contributed by atoms with Crippen molar-refractivity contribution in [3.05, 3.63) is 64.7 Å². The molecule has 1 N–H and O–H groups in total. The molecule has 2 atom stereocenters. The van der Waals surface area contributed by atoms with Crippen LogP contribution < -0.4 is 5.32 Å². The Kier molecular flexibility index (Phi) is 2.10. The van der Waals surface area contributed by atoms with E-state index in [0.717, 1.165) is 22.7 Å². The number of carbonyl (C=O) groups excluding carboxylic acids is 1. The van der Waals surface area contributed by atoms with E-state index in [1.54, 1.807) is 0 Å². The Balaban J connectivity index is 1.78. The first-order valence-corrected chi connectivity index (χ1v) is 6.76. The Morgan fingerprint density at radius 1 is 1.11 bits per heavy atom. The van der Waals surface area contributed by atoms with E-state index in [1.165, 1.54) is 5.56 Å². The number of anilines is 1. The molecule has 2 nitrogen and oxygen atoms in total. The fourth-order valence-corrected chi connectivity index (χ4v) is 3.37. The lowest BCUT2D eigenvalue weighted by atomic mass is 9.92. The molecule has 1 saturated carbocycles. The van der Waals surface area contributed by atoms with Gasteiger partial charge in [-0.1, -0.05) is 41.9 Å². The van der Waals surface area contributed by atoms with Crippen LogP contribution >= 0.6 is 11.6 Å². The van der Waals surface area contributed by atoms with Crippen LogP contribution in [0, 0.1) is 0 Å². The van der Waals surface area contributed by atoms with Crippen LogP contribution in [0.15, 0.2) is 48.5 Å². The standard InChI is InChI=1S/C16H12ClNO/c17-11-7-5-10(6-8-11)13-9-16(13)12-3-1-2-4-14(12)18-15(16)19/h1-8,13H,9H2,(H,18,19)/t13-,16+/m1/s1. The zero-order chi connectivity index (χ0) is 13.0. The fourth-order valence-electron chi connectivity index (χ4n) is 3.25. The summed E-state index contributed by atoms with van der Waals surface area (Å²) in [6.45, 7) is 0. The number of carbonyl (C=O) groups is 1. The summed E-state index contributed by atoms with van der Waals surface area (Å²) in [5.41, 5.74) is 2.95. The van der Waals surface area contributed by atoms with Crippen LogP contribution in [0.2, 0.25) is 5.02 Å². The van der Waals surface area contributed by atoms with Crippen LogP contribution in [0.4, 0.5) is 5.69 Å². The van der Waals surface area contributed by atoms with E-state index in [9.17, 15) is 4.79 Å². The molecule has 0 saturated heterocycles. The Morgan fingerprint density at radius 2 is 1.84 bits per heavy atom. The van der Waals surface area contributed by atoms with E-state index >= 15 is 0 Å². The lowest BCUT2D eigenvalue weighted by Crippen LogP contribution is -2.20. The molecule has 19 heavy (non-hydrogen) atoms. The Labute approximate surface area is 116 Å². The van der Waals surface area contributed by atoms with Crippen molar-refractivity contribution in [1.29, 1.82) is 0 Å². The van der Waals surface area contributed by atoms with Gasteiger partial charge >= 0.3 is 0 Å². The molecule has 2 aromatic rings. The van der Waals surface area contributed by atoms with Gasteiger partial charge in [0.05, 0.1) is 5.41 Å². The SMILES string of the molecule is O=C1Nc2ccccc2[C@]12C[C@@H]2c1ccc(Cl)cc1. The third-order valence-electron chi connectivity index (χ3n) is 4.29. The third-order valence-corrected chi connectivity index (χ3v) is 4.55. The van der Waals surface area contributed by atoms with E-state index in [-0.39, 0.29) is 17.2 Å². The monoisotopic (exact) mass is 269 g/mol. The van der Waals surface area contributed by atoms with Crippen molar-refractivity contribution in [3.63, 3.8) is 0 Å². The lowest BCUT2D eigenvalue weighted by Gasteiger charge is -2.08. The maximum Gasteiger partial charge on any atom is 0.235 e. The average molecular weight is 270 g/mol. The number of benzene rings is 2. The van der Waals surface area contributed by atoms with Crippen molar-refractivity contribution in [3.8, 4) is 0 Å². The summed E-state index contributed by atoms with van der Waals surface area (Å²) in [4.78, 5) is 12.3. The summed E-state index contributed by atoms with van der Waals surface area (Å²) < 4.78 is 0. The zero-order valence-electron chi connectivity index (χ0n) is 10.2. The van der Waals surface area contributed by atoms with Gasteiger partial charge in [0.25, 0.3) is 0 Å². The summed E-state index contributed by atoms with van der Waals surface area (Å²) in [6, 6.07) is 15.8. The molecule has 1 amide bonds. The molecule has 1 aliphatic carbocycles. The molecule has 0 aromatic heterocycles. The predicted octanol–water partition coefficient (Wildman–Crippen LogP) is 3.72. The average Bonchev–Trinajstić information content (AvgIpc) is 3.10. The minimum absolute atomic E-state index is 0.133. The minimum atomic E-state index is -0.343. The highest BCUT2D eigenvalue weighted by atomic mass is 35.5. The molecule has 1 aliphatic heterocycles. The van der Waals surface area contributed by atoms with E-state index in [4.69, 9.17) is 11.6 Å². The highest BCUT2D eigenvalue weighted by Gasteiger charge is 2.64. The smallest absolute Gasteiger partial charge is 0.235 e. The summed E-state index contributed by atoms with van der Waals surface area (Å²) in [7, 11) is 0. The first-order chi connectivity index (χ1) is 9.22. The predicted molar refractivity (Wildman–Crippen MR) is 75.6 cm³/mol. The van der Waals surface area contributed by atoms with Crippen LogP contribution in [0.5, 0.6) is 0 Å². The lowest BCUT2D eigenvalue weighted by molar-refractivity contribution is -0.118. The topological polar surface area (TPSA) is 29.1 Å². The van der Waals surface area contributed by atoms with Gasteiger partial charge in [-0.3, -0.25) is 4.79 Å². The van der Waals surface area contributed by atoms with Crippen LogP contribution in [-0.4, -0.2) is 5.91 Å². The molecule has 1 fully saturated rings. The number of fused-ring (bicyclic) bond motifs is 2. The molecule has 0 radical (unpaired) electrons. The van der Waals surface area contributed by atoms with Gasteiger partial charge < -0.3 is 5.32 Å². The van der Waals surface area contributed by atoms with E-state index in [0.29, 0.717) is 0 Å². The second-order valence-electron chi connectivity index (χ2n) is 5.28. The molecular formula is C16H12ClNO. The van der Waals surface area contributed by atoms with Gasteiger partial charge in [-0.2, -0.15) is 0 Å². The molecule has 0 bridgehead atoms. The number of para-hydroxylation sites is 1. The van der Waals surface area contributed by atoms with Crippen LogP contribution in [0.3, 0.4) is 0 Å². The summed E-state index contributed by atoms with van der Waals surface area (Å²) in [6.07, 6.45) is 0.886. The number of rotatable bonds is 1. The molecule has 94 valence electrons. The molecule has 2 aliphatic rings. The maximum atomic E-state index is 12.3. The number of hydrogen-bond acceptors (Lipinski definition) is 1. The van der Waals surface area contributed by atoms with Gasteiger partial charge in [-0.15, -0.1) is 0 Å². The van der Waals surface area contributed by atoms with E-state index in [1.807, 2.05) is 42.5 Å². The Hall–Kier alpha value is -1.80. The van der Waals surface area contributed by atoms with Gasteiger partial charge in [-0.05, 0) is 35.7 Å². The maximum absolute atomic E-state index is 12.3. The quantitative estimate of drug-likeness (QED) is 0.840. The van der Waals surface area contributed by atoms with Crippen molar-refractivity contribution in [2.45, 2.75) is 17.8 Å². The number of hydrogen-bond donors (Lipinski definition) is 1.